The predicted octanol–water partition coefficient (Wildman–Crippen LogP) is 4.59. The minimum Gasteiger partial charge on any atom is -0.480 e. The third-order valence-corrected chi connectivity index (χ3v) is 5.60. The number of ether oxygens (including phenoxy) is 2. The Bertz CT molecular complexity index is 1560. The van der Waals surface area contributed by atoms with Gasteiger partial charge in [0.25, 0.3) is 0 Å². The summed E-state index contributed by atoms with van der Waals surface area (Å²) in [7, 11) is 0. The Labute approximate surface area is 200 Å². The third kappa shape index (κ3) is 4.37. The van der Waals surface area contributed by atoms with Crippen molar-refractivity contribution in [3.8, 4) is 17.2 Å². The van der Waals surface area contributed by atoms with Crippen molar-refractivity contribution in [1.29, 1.82) is 0 Å². The number of amides is 1. The molecule has 0 aliphatic heterocycles. The number of carbonyl (C=O) groups excluding carboxylic acids is 1. The summed E-state index contributed by atoms with van der Waals surface area (Å²) in [6.07, 6.45) is 3.11. The number of carbonyl (C=O) groups is 2. The van der Waals surface area contributed by atoms with E-state index in [1.165, 1.54) is 6.20 Å². The van der Waals surface area contributed by atoms with Crippen LogP contribution in [0.5, 0.6) is 17.2 Å². The summed E-state index contributed by atoms with van der Waals surface area (Å²) >= 11 is 0. The Hall–Kier alpha value is -4.85. The van der Waals surface area contributed by atoms with Crippen molar-refractivity contribution in [2.45, 2.75) is 6.54 Å². The minimum atomic E-state index is -1.11. The van der Waals surface area contributed by atoms with Gasteiger partial charge in [0.05, 0.1) is 28.8 Å². The second-order valence-corrected chi connectivity index (χ2v) is 7.93. The van der Waals surface area contributed by atoms with E-state index in [0.717, 1.165) is 16.8 Å². The molecule has 3 N–H and O–H groups in total. The molecule has 8 heteroatoms. The summed E-state index contributed by atoms with van der Waals surface area (Å²) in [5.41, 5.74) is 8.39. The molecule has 0 aliphatic carbocycles. The Kier molecular flexibility index (Phi) is 5.76. The highest BCUT2D eigenvalue weighted by Crippen LogP contribution is 2.37. The highest BCUT2D eigenvalue weighted by molar-refractivity contribution is 6.19. The normalized spacial score (nSPS) is 11.0. The van der Waals surface area contributed by atoms with Crippen LogP contribution in [0.1, 0.15) is 15.9 Å². The van der Waals surface area contributed by atoms with Crippen LogP contribution in [0.25, 0.3) is 21.8 Å². The molecule has 5 aromatic rings. The summed E-state index contributed by atoms with van der Waals surface area (Å²) in [6, 6.07) is 22.5. The SMILES string of the molecule is NC(=O)c1cccc2c1c1c(OCC(=O)O)cncc1n2Cc1cccc(Oc2ccccc2)c1. The summed E-state index contributed by atoms with van der Waals surface area (Å²) in [5.74, 6) is -0.0125. The first kappa shape index (κ1) is 22.0. The monoisotopic (exact) mass is 467 g/mol. The van der Waals surface area contributed by atoms with E-state index in [0.29, 0.717) is 34.1 Å². The first-order chi connectivity index (χ1) is 17.0. The zero-order chi connectivity index (χ0) is 24.4. The van der Waals surface area contributed by atoms with E-state index in [-0.39, 0.29) is 5.75 Å². The van der Waals surface area contributed by atoms with Crippen molar-refractivity contribution in [1.82, 2.24) is 9.55 Å². The van der Waals surface area contributed by atoms with Gasteiger partial charge in [-0.15, -0.1) is 0 Å². The van der Waals surface area contributed by atoms with Crippen molar-refractivity contribution < 1.29 is 24.2 Å². The van der Waals surface area contributed by atoms with Crippen LogP contribution in [0.2, 0.25) is 0 Å². The maximum atomic E-state index is 12.3. The molecule has 0 spiro atoms. The van der Waals surface area contributed by atoms with Gasteiger partial charge in [0.2, 0.25) is 5.91 Å². The molecular weight excluding hydrogens is 446 g/mol. The number of aliphatic carboxylic acids is 1. The lowest BCUT2D eigenvalue weighted by Crippen LogP contribution is -2.11. The van der Waals surface area contributed by atoms with Gasteiger partial charge in [-0.3, -0.25) is 9.78 Å². The molecule has 0 saturated carbocycles. The Morgan fingerprint density at radius 1 is 0.886 bits per heavy atom. The average Bonchev–Trinajstić information content (AvgIpc) is 3.17. The highest BCUT2D eigenvalue weighted by atomic mass is 16.5. The van der Waals surface area contributed by atoms with Crippen molar-refractivity contribution >= 4 is 33.7 Å². The van der Waals surface area contributed by atoms with Crippen molar-refractivity contribution in [2.24, 2.45) is 5.73 Å². The predicted molar refractivity (Wildman–Crippen MR) is 131 cm³/mol. The smallest absolute Gasteiger partial charge is 0.341 e. The molecule has 1 amide bonds. The van der Waals surface area contributed by atoms with Crippen LogP contribution in [0.3, 0.4) is 0 Å². The van der Waals surface area contributed by atoms with Crippen LogP contribution in [-0.4, -0.2) is 33.1 Å². The molecule has 0 saturated heterocycles. The molecule has 3 aromatic carbocycles. The van der Waals surface area contributed by atoms with Crippen LogP contribution in [0.15, 0.2) is 85.2 Å². The number of rotatable bonds is 8. The van der Waals surface area contributed by atoms with E-state index in [1.54, 1.807) is 18.3 Å². The lowest BCUT2D eigenvalue weighted by molar-refractivity contribution is -0.139. The fourth-order valence-corrected chi connectivity index (χ4v) is 4.18. The average molecular weight is 467 g/mol. The first-order valence-corrected chi connectivity index (χ1v) is 10.9. The fraction of sp³-hybridized carbons (Fsp3) is 0.0741. The van der Waals surface area contributed by atoms with Crippen LogP contribution in [-0.2, 0) is 11.3 Å². The van der Waals surface area contributed by atoms with Crippen LogP contribution >= 0.6 is 0 Å². The molecule has 0 radical (unpaired) electrons. The third-order valence-electron chi connectivity index (χ3n) is 5.60. The van der Waals surface area contributed by atoms with Crippen LogP contribution in [0.4, 0.5) is 0 Å². The van der Waals surface area contributed by atoms with E-state index in [2.05, 4.69) is 4.98 Å². The Balaban J connectivity index is 1.63. The standard InChI is InChI=1S/C27H21N3O5/c28-27(33)20-10-5-11-21-25(20)26-22(13-29-14-23(26)34-16-24(31)32)30(21)15-17-6-4-9-19(12-17)35-18-7-2-1-3-8-18/h1-14H,15-16H2,(H2,28,33)(H,31,32). The van der Waals surface area contributed by atoms with E-state index >= 15 is 0 Å². The van der Waals surface area contributed by atoms with Gasteiger partial charge in [0, 0.05) is 17.5 Å². The maximum Gasteiger partial charge on any atom is 0.341 e. The molecule has 5 rings (SSSR count). The number of hydrogen-bond acceptors (Lipinski definition) is 5. The molecule has 0 bridgehead atoms. The summed E-state index contributed by atoms with van der Waals surface area (Å²) < 4.78 is 13.5. The van der Waals surface area contributed by atoms with Crippen molar-refractivity contribution in [3.63, 3.8) is 0 Å². The number of hydrogen-bond donors (Lipinski definition) is 2. The lowest BCUT2D eigenvalue weighted by Gasteiger charge is -2.11. The zero-order valence-corrected chi connectivity index (χ0v) is 18.5. The molecule has 0 aliphatic rings. The number of pyridine rings is 1. The molecule has 0 unspecified atom stereocenters. The van der Waals surface area contributed by atoms with E-state index < -0.39 is 18.5 Å². The van der Waals surface area contributed by atoms with Gasteiger partial charge in [0.15, 0.2) is 6.61 Å². The van der Waals surface area contributed by atoms with Gasteiger partial charge >= 0.3 is 5.97 Å². The largest absolute Gasteiger partial charge is 0.480 e. The van der Waals surface area contributed by atoms with E-state index in [9.17, 15) is 9.59 Å². The molecule has 0 atom stereocenters. The number of fused-ring (bicyclic) bond motifs is 3. The Morgan fingerprint density at radius 2 is 1.66 bits per heavy atom. The summed E-state index contributed by atoms with van der Waals surface area (Å²) in [6.45, 7) is -0.0939. The first-order valence-electron chi connectivity index (χ1n) is 10.9. The van der Waals surface area contributed by atoms with Crippen LogP contribution in [0, 0.1) is 0 Å². The topological polar surface area (TPSA) is 117 Å². The molecule has 2 aromatic heterocycles. The second kappa shape index (κ2) is 9.18. The number of aromatic nitrogens is 2. The van der Waals surface area contributed by atoms with Gasteiger partial charge in [0.1, 0.15) is 17.2 Å². The lowest BCUT2D eigenvalue weighted by atomic mass is 10.1. The van der Waals surface area contributed by atoms with Crippen LogP contribution < -0.4 is 15.2 Å². The van der Waals surface area contributed by atoms with Gasteiger partial charge < -0.3 is 24.9 Å². The van der Waals surface area contributed by atoms with E-state index in [4.69, 9.17) is 20.3 Å². The van der Waals surface area contributed by atoms with Gasteiger partial charge in [-0.25, -0.2) is 4.79 Å². The number of primary amides is 1. The molecule has 2 heterocycles. The molecule has 174 valence electrons. The molecule has 0 fully saturated rings. The van der Waals surface area contributed by atoms with Crippen molar-refractivity contribution in [2.75, 3.05) is 6.61 Å². The fourth-order valence-electron chi connectivity index (χ4n) is 4.18. The van der Waals surface area contributed by atoms with Gasteiger partial charge in [-0.05, 0) is 42.0 Å². The number of carboxylic acids is 1. The number of para-hydroxylation sites is 1. The number of benzene rings is 3. The Morgan fingerprint density at radius 3 is 2.43 bits per heavy atom. The zero-order valence-electron chi connectivity index (χ0n) is 18.5. The highest BCUT2D eigenvalue weighted by Gasteiger charge is 2.20. The number of nitrogens with zero attached hydrogens (tertiary/aromatic N) is 2. The second-order valence-electron chi connectivity index (χ2n) is 7.93. The van der Waals surface area contributed by atoms with Crippen molar-refractivity contribution in [3.05, 3.63) is 96.3 Å². The van der Waals surface area contributed by atoms with E-state index in [1.807, 2.05) is 65.2 Å². The molecule has 35 heavy (non-hydrogen) atoms. The van der Waals surface area contributed by atoms with Gasteiger partial charge in [-0.2, -0.15) is 0 Å². The molecule has 8 nitrogen and oxygen atoms in total. The minimum absolute atomic E-state index is 0.267. The summed E-state index contributed by atoms with van der Waals surface area (Å²) in [4.78, 5) is 27.6. The maximum absolute atomic E-state index is 12.3. The number of nitrogens with two attached hydrogens (primary N) is 1. The van der Waals surface area contributed by atoms with Gasteiger partial charge in [-0.1, -0.05) is 36.4 Å². The summed E-state index contributed by atoms with van der Waals surface area (Å²) in [5, 5.41) is 10.3. The quantitative estimate of drug-likeness (QED) is 0.345. The number of carboxylic acid groups (broad SMARTS) is 1. The molecular formula is C27H21N3O5.